The summed E-state index contributed by atoms with van der Waals surface area (Å²) in [7, 11) is 0. The second kappa shape index (κ2) is 10.0. The molecule has 10 nitrogen and oxygen atoms in total. The van der Waals surface area contributed by atoms with Crippen molar-refractivity contribution in [2.45, 2.75) is 12.8 Å². The molecule has 4 N–H and O–H groups in total. The van der Waals surface area contributed by atoms with Gasteiger partial charge in [0.05, 0.1) is 9.35 Å². The number of carboxylic acid groups (broad SMARTS) is 3. The van der Waals surface area contributed by atoms with E-state index >= 15 is 0 Å². The average molecular weight is 527 g/mol. The van der Waals surface area contributed by atoms with E-state index in [2.05, 4.69) is 21.2 Å². The largest absolute Gasteiger partial charge is 0.479 e. The van der Waals surface area contributed by atoms with Crippen molar-refractivity contribution in [1.29, 1.82) is 0 Å². The molecule has 2 heterocycles. The van der Waals surface area contributed by atoms with E-state index in [-0.39, 0.29) is 22.5 Å². The first-order chi connectivity index (χ1) is 15.2. The van der Waals surface area contributed by atoms with Crippen molar-refractivity contribution in [3.63, 3.8) is 0 Å². The molecule has 1 aliphatic rings. The smallest absolute Gasteiger partial charge is 0.407 e. The number of nitrogens with zero attached hydrogens (tertiary/aromatic N) is 1. The van der Waals surface area contributed by atoms with Crippen molar-refractivity contribution in [1.82, 2.24) is 4.90 Å². The predicted octanol–water partition coefficient (Wildman–Crippen LogP) is 3.67. The fourth-order valence-electron chi connectivity index (χ4n) is 3.27. The zero-order valence-electron chi connectivity index (χ0n) is 16.5. The molecule has 1 fully saturated rings. The summed E-state index contributed by atoms with van der Waals surface area (Å²) in [5, 5.41) is 30.0. The monoisotopic (exact) mass is 526 g/mol. The number of benzene rings is 1. The van der Waals surface area contributed by atoms with Crippen LogP contribution >= 0.6 is 27.3 Å². The normalized spacial score (nSPS) is 14.1. The van der Waals surface area contributed by atoms with E-state index < -0.39 is 24.6 Å². The Morgan fingerprint density at radius 1 is 1.09 bits per heavy atom. The molecule has 2 aromatic rings. The molecular formula is C20H19BrN2O8S. The Morgan fingerprint density at radius 3 is 2.25 bits per heavy atom. The molecule has 170 valence electrons. The number of hydrogen-bond acceptors (Lipinski definition) is 6. The molecule has 0 atom stereocenters. The Labute approximate surface area is 194 Å². The number of anilines is 1. The Hall–Kier alpha value is -3.12. The van der Waals surface area contributed by atoms with Crippen molar-refractivity contribution >= 4 is 56.9 Å². The maximum Gasteiger partial charge on any atom is 0.407 e. The number of thiophene rings is 1. The first-order valence-electron chi connectivity index (χ1n) is 9.46. The lowest BCUT2D eigenvalue weighted by molar-refractivity contribution is -0.139. The van der Waals surface area contributed by atoms with E-state index in [0.717, 1.165) is 11.3 Å². The summed E-state index contributed by atoms with van der Waals surface area (Å²) in [6.07, 6.45) is -0.0769. The second-order valence-corrected chi connectivity index (χ2v) is 8.82. The van der Waals surface area contributed by atoms with Gasteiger partial charge < -0.3 is 30.3 Å². The lowest BCUT2D eigenvalue weighted by atomic mass is 9.96. The van der Waals surface area contributed by atoms with Crippen LogP contribution in [0.5, 0.6) is 5.75 Å². The van der Waals surface area contributed by atoms with Crippen molar-refractivity contribution in [3.8, 4) is 16.2 Å². The van der Waals surface area contributed by atoms with Gasteiger partial charge in [-0.25, -0.2) is 14.4 Å². The fourth-order valence-corrected chi connectivity index (χ4v) is 5.16. The standard InChI is InChI=1S/C20H19BrN2O8S/c21-14-15(31-9-13(24)25)17(19(27)28)32-16(14)10-1-3-12(4-2-10)22-18(26)11-5-7-23(8-6-11)20(29)30/h1-4,11H,5-9H2,(H,22,26)(H,24,25)(H,27,28)(H,29,30). The number of aromatic carboxylic acids is 1. The van der Waals surface area contributed by atoms with Gasteiger partial charge in [0.2, 0.25) is 5.91 Å². The van der Waals surface area contributed by atoms with Gasteiger partial charge in [0.15, 0.2) is 17.2 Å². The highest BCUT2D eigenvalue weighted by molar-refractivity contribution is 9.10. The number of carbonyl (C=O) groups excluding carboxylic acids is 1. The zero-order valence-corrected chi connectivity index (χ0v) is 18.9. The number of carboxylic acids is 2. The third-order valence-corrected chi connectivity index (χ3v) is 7.12. The maximum absolute atomic E-state index is 12.5. The van der Waals surface area contributed by atoms with E-state index in [1.54, 1.807) is 24.3 Å². The van der Waals surface area contributed by atoms with Crippen LogP contribution in [-0.2, 0) is 9.59 Å². The van der Waals surface area contributed by atoms with Gasteiger partial charge in [-0.05, 0) is 46.5 Å². The number of halogens is 1. The molecule has 1 aromatic carbocycles. The van der Waals surface area contributed by atoms with E-state index in [4.69, 9.17) is 14.9 Å². The van der Waals surface area contributed by atoms with Crippen LogP contribution in [0.4, 0.5) is 10.5 Å². The van der Waals surface area contributed by atoms with Gasteiger partial charge in [0.25, 0.3) is 0 Å². The molecule has 2 amide bonds. The minimum absolute atomic E-state index is 0.0509. The van der Waals surface area contributed by atoms with Crippen LogP contribution in [0.3, 0.4) is 0 Å². The molecule has 0 unspecified atom stereocenters. The summed E-state index contributed by atoms with van der Waals surface area (Å²) >= 11 is 4.24. The topological polar surface area (TPSA) is 153 Å². The first kappa shape index (κ1) is 23.5. The highest BCUT2D eigenvalue weighted by Gasteiger charge is 2.27. The van der Waals surface area contributed by atoms with Crippen molar-refractivity contribution < 1.29 is 39.2 Å². The Kier molecular flexibility index (Phi) is 7.36. The number of piperidine rings is 1. The minimum atomic E-state index is -1.24. The van der Waals surface area contributed by atoms with Crippen LogP contribution in [0, 0.1) is 5.92 Å². The minimum Gasteiger partial charge on any atom is -0.479 e. The third kappa shape index (κ3) is 5.37. The molecular weight excluding hydrogens is 508 g/mol. The Balaban J connectivity index is 1.71. The highest BCUT2D eigenvalue weighted by atomic mass is 79.9. The zero-order chi connectivity index (χ0) is 23.4. The van der Waals surface area contributed by atoms with Crippen molar-refractivity contribution in [2.24, 2.45) is 5.92 Å². The summed E-state index contributed by atoms with van der Waals surface area (Å²) in [5.41, 5.74) is 1.20. The molecule has 0 spiro atoms. The van der Waals surface area contributed by atoms with E-state index in [9.17, 15) is 24.3 Å². The van der Waals surface area contributed by atoms with Crippen molar-refractivity contribution in [2.75, 3.05) is 25.0 Å². The molecule has 32 heavy (non-hydrogen) atoms. The van der Waals surface area contributed by atoms with Crippen LogP contribution in [-0.4, -0.2) is 63.9 Å². The molecule has 0 radical (unpaired) electrons. The summed E-state index contributed by atoms with van der Waals surface area (Å²) in [5.74, 6) is -2.97. The van der Waals surface area contributed by atoms with Crippen LogP contribution in [0.1, 0.15) is 22.5 Å². The lowest BCUT2D eigenvalue weighted by Gasteiger charge is -2.29. The number of nitrogens with one attached hydrogen (secondary N) is 1. The molecule has 0 saturated carbocycles. The molecule has 3 rings (SSSR count). The molecule has 1 aromatic heterocycles. The summed E-state index contributed by atoms with van der Waals surface area (Å²) in [6, 6.07) is 6.74. The van der Waals surface area contributed by atoms with Crippen LogP contribution in [0.15, 0.2) is 28.7 Å². The molecule has 0 aliphatic carbocycles. The maximum atomic E-state index is 12.5. The summed E-state index contributed by atoms with van der Waals surface area (Å²) < 4.78 is 5.48. The van der Waals surface area contributed by atoms with Crippen LogP contribution < -0.4 is 10.1 Å². The second-order valence-electron chi connectivity index (χ2n) is 7.00. The Bertz CT molecular complexity index is 1040. The first-order valence-corrected chi connectivity index (χ1v) is 11.1. The molecule has 1 saturated heterocycles. The number of hydrogen-bond donors (Lipinski definition) is 4. The van der Waals surface area contributed by atoms with Gasteiger partial charge in [-0.3, -0.25) is 4.79 Å². The quantitative estimate of drug-likeness (QED) is 0.426. The summed E-state index contributed by atoms with van der Waals surface area (Å²) in [6.45, 7) is -0.0423. The lowest BCUT2D eigenvalue weighted by Crippen LogP contribution is -2.40. The van der Waals surface area contributed by atoms with Gasteiger partial charge >= 0.3 is 18.0 Å². The summed E-state index contributed by atoms with van der Waals surface area (Å²) in [4.78, 5) is 47.5. The average Bonchev–Trinajstić information content (AvgIpc) is 3.09. The molecule has 1 aliphatic heterocycles. The number of likely N-dealkylation sites (tertiary alicyclic amines) is 1. The van der Waals surface area contributed by atoms with Gasteiger partial charge in [0, 0.05) is 24.7 Å². The van der Waals surface area contributed by atoms with Crippen LogP contribution in [0.2, 0.25) is 0 Å². The third-order valence-electron chi connectivity index (χ3n) is 4.89. The number of aliphatic carboxylic acids is 1. The van der Waals surface area contributed by atoms with Crippen molar-refractivity contribution in [3.05, 3.63) is 33.6 Å². The van der Waals surface area contributed by atoms with Gasteiger partial charge in [-0.2, -0.15) is 0 Å². The Morgan fingerprint density at radius 2 is 1.72 bits per heavy atom. The predicted molar refractivity (Wildman–Crippen MR) is 118 cm³/mol. The van der Waals surface area contributed by atoms with E-state index in [1.165, 1.54) is 4.90 Å². The number of ether oxygens (including phenoxy) is 1. The van der Waals surface area contributed by atoms with E-state index in [0.29, 0.717) is 46.5 Å². The van der Waals surface area contributed by atoms with Gasteiger partial charge in [0.1, 0.15) is 0 Å². The van der Waals surface area contributed by atoms with E-state index in [1.807, 2.05) is 0 Å². The number of amides is 2. The number of carbonyl (C=O) groups is 4. The number of rotatable bonds is 7. The van der Waals surface area contributed by atoms with Gasteiger partial charge in [-0.15, -0.1) is 11.3 Å². The SMILES string of the molecule is O=C(O)COc1c(C(=O)O)sc(-c2ccc(NC(=O)C3CCN(C(=O)O)CC3)cc2)c1Br. The molecule has 12 heteroatoms. The highest BCUT2D eigenvalue weighted by Crippen LogP contribution is 2.45. The van der Waals surface area contributed by atoms with Crippen LogP contribution in [0.25, 0.3) is 10.4 Å². The fraction of sp³-hybridized carbons (Fsp3) is 0.300. The van der Waals surface area contributed by atoms with Gasteiger partial charge in [-0.1, -0.05) is 12.1 Å². The molecule has 0 bridgehead atoms.